The molecule has 1 fully saturated rings. The zero-order valence-electron chi connectivity index (χ0n) is 16.1. The van der Waals surface area contributed by atoms with Crippen LogP contribution in [0.15, 0.2) is 54.6 Å². The number of nitrogens with zero attached hydrogens (tertiary/aromatic N) is 1. The second-order valence-electron chi connectivity index (χ2n) is 6.96. The highest BCUT2D eigenvalue weighted by molar-refractivity contribution is 6.05. The van der Waals surface area contributed by atoms with Gasteiger partial charge in [0.25, 0.3) is 5.91 Å². The number of carbonyl (C=O) groups is 3. The van der Waals surface area contributed by atoms with Crippen molar-refractivity contribution in [2.75, 3.05) is 5.32 Å². The molecule has 1 heterocycles. The standard InChI is InChI=1S/C21H20F3N3O3/c1-13(14-6-3-2-4-7-14)27-19(29)17(26-20(27)30)10-11-18(28)25-16-9-5-8-15(12-16)21(22,23)24/h2-9,12-13,17H,10-11H2,1H3,(H,25,28)(H,26,30)/t13-,17-/m1/s1. The number of hydrogen-bond acceptors (Lipinski definition) is 3. The average molecular weight is 419 g/mol. The number of alkyl halides is 3. The molecular weight excluding hydrogens is 399 g/mol. The molecule has 6 nitrogen and oxygen atoms in total. The van der Waals surface area contributed by atoms with Gasteiger partial charge in [-0.15, -0.1) is 0 Å². The molecule has 0 bridgehead atoms. The van der Waals surface area contributed by atoms with Crippen LogP contribution in [-0.2, 0) is 15.8 Å². The lowest BCUT2D eigenvalue weighted by Gasteiger charge is -2.21. The highest BCUT2D eigenvalue weighted by Crippen LogP contribution is 2.31. The summed E-state index contributed by atoms with van der Waals surface area (Å²) in [6.07, 6.45) is -4.62. The molecule has 0 saturated carbocycles. The number of urea groups is 1. The molecule has 0 radical (unpaired) electrons. The normalized spacial score (nSPS) is 17.6. The Labute approximate surface area is 171 Å². The number of benzene rings is 2. The first-order valence-corrected chi connectivity index (χ1v) is 9.32. The van der Waals surface area contributed by atoms with E-state index in [1.54, 1.807) is 31.2 Å². The van der Waals surface area contributed by atoms with Gasteiger partial charge in [-0.1, -0.05) is 36.4 Å². The molecule has 4 amide bonds. The molecule has 1 aliphatic heterocycles. The molecule has 30 heavy (non-hydrogen) atoms. The van der Waals surface area contributed by atoms with E-state index in [4.69, 9.17) is 0 Å². The number of amides is 4. The van der Waals surface area contributed by atoms with Gasteiger partial charge in [0.1, 0.15) is 6.04 Å². The fraction of sp³-hybridized carbons (Fsp3) is 0.286. The van der Waals surface area contributed by atoms with Gasteiger partial charge in [0.2, 0.25) is 5.91 Å². The molecule has 0 spiro atoms. The van der Waals surface area contributed by atoms with Crippen molar-refractivity contribution >= 4 is 23.5 Å². The van der Waals surface area contributed by atoms with Crippen LogP contribution >= 0.6 is 0 Å². The van der Waals surface area contributed by atoms with Crippen LogP contribution in [0.1, 0.15) is 36.9 Å². The predicted octanol–water partition coefficient (Wildman–Crippen LogP) is 4.11. The number of nitrogens with one attached hydrogen (secondary N) is 2. The van der Waals surface area contributed by atoms with Gasteiger partial charge in [0.05, 0.1) is 11.6 Å². The first-order chi connectivity index (χ1) is 14.2. The van der Waals surface area contributed by atoms with E-state index in [-0.39, 0.29) is 18.5 Å². The number of carbonyl (C=O) groups excluding carboxylic acids is 3. The first kappa shape index (κ1) is 21.4. The third kappa shape index (κ3) is 4.79. The van der Waals surface area contributed by atoms with Crippen molar-refractivity contribution in [2.45, 2.75) is 38.0 Å². The van der Waals surface area contributed by atoms with E-state index in [9.17, 15) is 27.6 Å². The molecule has 2 aromatic rings. The Bertz CT molecular complexity index is 947. The summed E-state index contributed by atoms with van der Waals surface area (Å²) in [6.45, 7) is 1.73. The zero-order chi connectivity index (χ0) is 21.9. The van der Waals surface area contributed by atoms with Gasteiger partial charge in [0, 0.05) is 12.1 Å². The Hall–Kier alpha value is -3.36. The third-order valence-corrected chi connectivity index (χ3v) is 4.86. The Morgan fingerprint density at radius 3 is 2.50 bits per heavy atom. The van der Waals surface area contributed by atoms with E-state index in [2.05, 4.69) is 10.6 Å². The van der Waals surface area contributed by atoms with E-state index in [0.29, 0.717) is 0 Å². The number of rotatable bonds is 6. The maximum atomic E-state index is 12.8. The largest absolute Gasteiger partial charge is 0.416 e. The second kappa shape index (κ2) is 8.56. The van der Waals surface area contributed by atoms with Crippen molar-refractivity contribution in [1.29, 1.82) is 0 Å². The summed E-state index contributed by atoms with van der Waals surface area (Å²) >= 11 is 0. The van der Waals surface area contributed by atoms with Crippen LogP contribution in [0.3, 0.4) is 0 Å². The van der Waals surface area contributed by atoms with Crippen LogP contribution in [0.25, 0.3) is 0 Å². The summed E-state index contributed by atoms with van der Waals surface area (Å²) in [7, 11) is 0. The molecule has 1 aliphatic rings. The summed E-state index contributed by atoms with van der Waals surface area (Å²) in [5.74, 6) is -0.992. The zero-order valence-corrected chi connectivity index (χ0v) is 16.1. The molecule has 1 saturated heterocycles. The van der Waals surface area contributed by atoms with Crippen LogP contribution in [0.4, 0.5) is 23.7 Å². The molecule has 158 valence electrons. The van der Waals surface area contributed by atoms with Gasteiger partial charge in [-0.25, -0.2) is 4.79 Å². The lowest BCUT2D eigenvalue weighted by molar-refractivity contribution is -0.137. The Kier molecular flexibility index (Phi) is 6.09. The molecular formula is C21H20F3N3O3. The van der Waals surface area contributed by atoms with Crippen molar-refractivity contribution in [1.82, 2.24) is 10.2 Å². The van der Waals surface area contributed by atoms with Gasteiger partial charge >= 0.3 is 12.2 Å². The van der Waals surface area contributed by atoms with Gasteiger partial charge in [-0.05, 0) is 37.1 Å². The molecule has 2 aromatic carbocycles. The number of halogens is 3. The molecule has 9 heteroatoms. The van der Waals surface area contributed by atoms with Crippen molar-refractivity contribution in [3.63, 3.8) is 0 Å². The third-order valence-electron chi connectivity index (χ3n) is 4.86. The lowest BCUT2D eigenvalue weighted by atomic mass is 10.1. The van der Waals surface area contributed by atoms with Crippen LogP contribution in [0.5, 0.6) is 0 Å². The Morgan fingerprint density at radius 2 is 1.83 bits per heavy atom. The summed E-state index contributed by atoms with van der Waals surface area (Å²) < 4.78 is 38.3. The maximum Gasteiger partial charge on any atom is 0.416 e. The highest BCUT2D eigenvalue weighted by atomic mass is 19.4. The summed E-state index contributed by atoms with van der Waals surface area (Å²) in [5, 5.41) is 4.95. The maximum absolute atomic E-state index is 12.8. The number of imide groups is 1. The minimum absolute atomic E-state index is 0.0101. The molecule has 0 unspecified atom stereocenters. The van der Waals surface area contributed by atoms with Crippen molar-refractivity contribution in [2.24, 2.45) is 0 Å². The molecule has 2 atom stereocenters. The fourth-order valence-corrected chi connectivity index (χ4v) is 3.26. The summed E-state index contributed by atoms with van der Waals surface area (Å²) in [5.41, 5.74) is -0.0658. The average Bonchev–Trinajstić information content (AvgIpc) is 2.99. The van der Waals surface area contributed by atoms with Crippen LogP contribution in [0, 0.1) is 0 Å². The van der Waals surface area contributed by atoms with Gasteiger partial charge < -0.3 is 10.6 Å². The summed E-state index contributed by atoms with van der Waals surface area (Å²) in [4.78, 5) is 38.1. The van der Waals surface area contributed by atoms with Gasteiger partial charge in [0.15, 0.2) is 0 Å². The minimum atomic E-state index is -4.51. The SMILES string of the molecule is C[C@H](c1ccccc1)N1C(=O)N[C@H](CCC(=O)Nc2cccc(C(F)(F)F)c2)C1=O. The predicted molar refractivity (Wildman–Crippen MR) is 103 cm³/mol. The van der Waals surface area contributed by atoms with Gasteiger partial charge in [-0.2, -0.15) is 13.2 Å². The lowest BCUT2D eigenvalue weighted by Crippen LogP contribution is -2.34. The molecule has 0 aromatic heterocycles. The van der Waals surface area contributed by atoms with E-state index in [1.165, 1.54) is 12.1 Å². The van der Waals surface area contributed by atoms with Gasteiger partial charge in [-0.3, -0.25) is 14.5 Å². The molecule has 2 N–H and O–H groups in total. The number of anilines is 1. The number of hydrogen-bond donors (Lipinski definition) is 2. The topological polar surface area (TPSA) is 78.5 Å². The quantitative estimate of drug-likeness (QED) is 0.692. The monoisotopic (exact) mass is 419 g/mol. The smallest absolute Gasteiger partial charge is 0.326 e. The van der Waals surface area contributed by atoms with Crippen molar-refractivity contribution in [3.8, 4) is 0 Å². The van der Waals surface area contributed by atoms with Crippen LogP contribution < -0.4 is 10.6 Å². The van der Waals surface area contributed by atoms with E-state index in [0.717, 1.165) is 22.6 Å². The van der Waals surface area contributed by atoms with Crippen LogP contribution in [0.2, 0.25) is 0 Å². The molecule has 0 aliphatic carbocycles. The highest BCUT2D eigenvalue weighted by Gasteiger charge is 2.41. The van der Waals surface area contributed by atoms with Crippen molar-refractivity contribution in [3.05, 3.63) is 65.7 Å². The van der Waals surface area contributed by atoms with Crippen LogP contribution in [-0.4, -0.2) is 28.8 Å². The minimum Gasteiger partial charge on any atom is -0.326 e. The van der Waals surface area contributed by atoms with Crippen molar-refractivity contribution < 1.29 is 27.6 Å². The van der Waals surface area contributed by atoms with E-state index >= 15 is 0 Å². The Morgan fingerprint density at radius 1 is 1.13 bits per heavy atom. The second-order valence-corrected chi connectivity index (χ2v) is 6.96. The Balaban J connectivity index is 1.58. The summed E-state index contributed by atoms with van der Waals surface area (Å²) in [6, 6.07) is 11.5. The van der Waals surface area contributed by atoms with E-state index < -0.39 is 41.7 Å². The van der Waals surface area contributed by atoms with E-state index in [1.807, 2.05) is 6.07 Å². The first-order valence-electron chi connectivity index (χ1n) is 9.32. The fourth-order valence-electron chi connectivity index (χ4n) is 3.26. The molecule has 3 rings (SSSR count).